The zero-order valence-electron chi connectivity index (χ0n) is 6.76. The highest BCUT2D eigenvalue weighted by Gasteiger charge is 1.93. The van der Waals surface area contributed by atoms with Gasteiger partial charge in [-0.3, -0.25) is 0 Å². The van der Waals surface area contributed by atoms with Gasteiger partial charge in [-0.1, -0.05) is 24.8 Å². The van der Waals surface area contributed by atoms with E-state index in [0.717, 1.165) is 12.0 Å². The molecule has 0 spiro atoms. The molecule has 1 aromatic rings. The van der Waals surface area contributed by atoms with Gasteiger partial charge in [-0.2, -0.15) is 0 Å². The summed E-state index contributed by atoms with van der Waals surface area (Å²) in [6.07, 6.45) is 0.927. The molecule has 0 aliphatic heterocycles. The molecule has 0 bridgehead atoms. The molecule has 1 rings (SSSR count). The van der Waals surface area contributed by atoms with Gasteiger partial charge in [-0.25, -0.2) is 0 Å². The molecule has 60 valence electrons. The highest BCUT2D eigenvalue weighted by atomic mass is 16.5. The molecule has 0 saturated carbocycles. The van der Waals surface area contributed by atoms with E-state index in [1.165, 1.54) is 13.2 Å². The molecule has 2 nitrogen and oxygen atoms in total. The third kappa shape index (κ3) is 1.64. The van der Waals surface area contributed by atoms with Crippen LogP contribution in [-0.4, -0.2) is 7.11 Å². The quantitative estimate of drug-likeness (QED) is 0.638. The number of aryl methyl sites for hydroxylation is 1. The van der Waals surface area contributed by atoms with Gasteiger partial charge in [-0.05, 0) is 18.1 Å². The Balaban J connectivity index is 3.02. The molecule has 1 aromatic carbocycles. The maximum absolute atomic E-state index is 11.0. The van der Waals surface area contributed by atoms with Crippen molar-refractivity contribution in [1.29, 1.82) is 0 Å². The Kier molecular flexibility index (Phi) is 2.36. The lowest BCUT2D eigenvalue weighted by Crippen LogP contribution is -1.95. The van der Waals surface area contributed by atoms with E-state index in [9.17, 15) is 5.11 Å². The van der Waals surface area contributed by atoms with Gasteiger partial charge < -0.3 is 9.84 Å². The molecule has 0 aliphatic carbocycles. The molecule has 0 saturated heterocycles. The van der Waals surface area contributed by atoms with Crippen LogP contribution in [0, 0.1) is 0 Å². The Bertz CT molecular complexity index is 243. The van der Waals surface area contributed by atoms with Crippen molar-refractivity contribution in [2.24, 2.45) is 0 Å². The summed E-state index contributed by atoms with van der Waals surface area (Å²) in [5.41, 5.74) is 1.13. The summed E-state index contributed by atoms with van der Waals surface area (Å²) in [4.78, 5) is 0. The molecule has 0 fully saturated rings. The molecule has 0 amide bonds. The van der Waals surface area contributed by atoms with E-state index in [1.807, 2.05) is 13.0 Å². The van der Waals surface area contributed by atoms with Gasteiger partial charge in [0.1, 0.15) is 5.75 Å². The molecular weight excluding hydrogens is 140 g/mol. The van der Waals surface area contributed by atoms with E-state index < -0.39 is 0 Å². The summed E-state index contributed by atoms with van der Waals surface area (Å²) < 4.78 is 4.87. The van der Waals surface area contributed by atoms with Crippen molar-refractivity contribution >= 4 is 0 Å². The van der Waals surface area contributed by atoms with Crippen LogP contribution in [0.2, 0.25) is 0 Å². The van der Waals surface area contributed by atoms with Crippen LogP contribution >= 0.6 is 0 Å². The molecule has 2 heteroatoms. The van der Waals surface area contributed by atoms with Crippen LogP contribution < -0.4 is 9.84 Å². The minimum Gasteiger partial charge on any atom is -0.870 e. The Morgan fingerprint density at radius 1 is 1.45 bits per heavy atom. The molecule has 0 radical (unpaired) electrons. The van der Waals surface area contributed by atoms with Gasteiger partial charge in [0.25, 0.3) is 0 Å². The lowest BCUT2D eigenvalue weighted by atomic mass is 10.1. The molecule has 0 atom stereocenters. The van der Waals surface area contributed by atoms with Gasteiger partial charge in [0, 0.05) is 0 Å². The third-order valence-corrected chi connectivity index (χ3v) is 1.64. The van der Waals surface area contributed by atoms with E-state index in [2.05, 4.69) is 0 Å². The van der Waals surface area contributed by atoms with Gasteiger partial charge in [0.15, 0.2) is 0 Å². The first kappa shape index (κ1) is 7.92. The second-order valence-corrected chi connectivity index (χ2v) is 2.34. The number of methoxy groups -OCH3 is 1. The molecular formula is C9H11O2-. The lowest BCUT2D eigenvalue weighted by Gasteiger charge is -2.12. The molecule has 0 aromatic heterocycles. The maximum atomic E-state index is 11.0. The largest absolute Gasteiger partial charge is 0.870 e. The van der Waals surface area contributed by atoms with E-state index in [-0.39, 0.29) is 5.75 Å². The van der Waals surface area contributed by atoms with Crippen LogP contribution in [0.1, 0.15) is 12.5 Å². The summed E-state index contributed by atoms with van der Waals surface area (Å²) in [5, 5.41) is 11.0. The highest BCUT2D eigenvalue weighted by Crippen LogP contribution is 2.23. The van der Waals surface area contributed by atoms with Gasteiger partial charge >= 0.3 is 0 Å². The summed E-state index contributed by atoms with van der Waals surface area (Å²) in [6, 6.07) is 5.14. The zero-order valence-corrected chi connectivity index (χ0v) is 6.76. The summed E-state index contributed by atoms with van der Waals surface area (Å²) in [5.74, 6) is 0.383. The number of ether oxygens (including phenoxy) is 1. The SMILES string of the molecule is CCc1ccc([O-])c(OC)c1. The minimum atomic E-state index is -0.0512. The van der Waals surface area contributed by atoms with Gasteiger partial charge in [0.05, 0.1) is 7.11 Å². The average molecular weight is 151 g/mol. The number of hydrogen-bond acceptors (Lipinski definition) is 2. The highest BCUT2D eigenvalue weighted by molar-refractivity contribution is 5.40. The Hall–Kier alpha value is -1.18. The first-order valence-electron chi connectivity index (χ1n) is 3.62. The summed E-state index contributed by atoms with van der Waals surface area (Å²) >= 11 is 0. The normalized spacial score (nSPS) is 9.64. The van der Waals surface area contributed by atoms with E-state index in [4.69, 9.17) is 4.74 Å². The number of rotatable bonds is 2. The van der Waals surface area contributed by atoms with Crippen molar-refractivity contribution in [3.63, 3.8) is 0 Å². The van der Waals surface area contributed by atoms with Gasteiger partial charge in [0.2, 0.25) is 0 Å². The van der Waals surface area contributed by atoms with E-state index in [0.29, 0.717) is 5.75 Å². The second kappa shape index (κ2) is 3.28. The summed E-state index contributed by atoms with van der Waals surface area (Å²) in [7, 11) is 1.51. The van der Waals surface area contributed by atoms with Crippen LogP contribution in [0.3, 0.4) is 0 Å². The monoisotopic (exact) mass is 151 g/mol. The summed E-state index contributed by atoms with van der Waals surface area (Å²) in [6.45, 7) is 2.04. The Labute approximate surface area is 66.4 Å². The fourth-order valence-electron chi connectivity index (χ4n) is 0.932. The first-order chi connectivity index (χ1) is 5.27. The van der Waals surface area contributed by atoms with Crippen LogP contribution in [0.5, 0.6) is 11.5 Å². The van der Waals surface area contributed by atoms with E-state index in [1.54, 1.807) is 6.07 Å². The molecule has 11 heavy (non-hydrogen) atoms. The third-order valence-electron chi connectivity index (χ3n) is 1.64. The van der Waals surface area contributed by atoms with Crippen molar-refractivity contribution in [2.75, 3.05) is 7.11 Å². The van der Waals surface area contributed by atoms with Crippen molar-refractivity contribution < 1.29 is 9.84 Å². The van der Waals surface area contributed by atoms with Crippen LogP contribution in [0.15, 0.2) is 18.2 Å². The fourth-order valence-corrected chi connectivity index (χ4v) is 0.932. The topological polar surface area (TPSA) is 32.3 Å². The first-order valence-corrected chi connectivity index (χ1v) is 3.62. The average Bonchev–Trinajstić information content (AvgIpc) is 2.05. The molecule has 0 N–H and O–H groups in total. The Morgan fingerprint density at radius 2 is 2.18 bits per heavy atom. The predicted molar refractivity (Wildman–Crippen MR) is 41.8 cm³/mol. The molecule has 0 unspecified atom stereocenters. The van der Waals surface area contributed by atoms with Crippen LogP contribution in [0.25, 0.3) is 0 Å². The number of hydrogen-bond donors (Lipinski definition) is 0. The minimum absolute atomic E-state index is 0.0512. The Morgan fingerprint density at radius 3 is 2.73 bits per heavy atom. The fraction of sp³-hybridized carbons (Fsp3) is 0.333. The van der Waals surface area contributed by atoms with E-state index >= 15 is 0 Å². The van der Waals surface area contributed by atoms with Crippen molar-refractivity contribution in [1.82, 2.24) is 0 Å². The van der Waals surface area contributed by atoms with Crippen LogP contribution in [-0.2, 0) is 6.42 Å². The maximum Gasteiger partial charge on any atom is 0.111 e. The predicted octanol–water partition coefficient (Wildman–Crippen LogP) is 1.33. The number of benzene rings is 1. The van der Waals surface area contributed by atoms with Gasteiger partial charge in [-0.15, -0.1) is 0 Å². The lowest BCUT2D eigenvalue weighted by molar-refractivity contribution is -0.270. The standard InChI is InChI=1S/C9H12O2/c1-3-7-4-5-8(10)9(6-7)11-2/h4-6,10H,3H2,1-2H3/p-1. The molecule has 0 heterocycles. The molecule has 0 aliphatic rings. The van der Waals surface area contributed by atoms with Crippen molar-refractivity contribution in [2.45, 2.75) is 13.3 Å². The second-order valence-electron chi connectivity index (χ2n) is 2.34. The van der Waals surface area contributed by atoms with Crippen molar-refractivity contribution in [3.8, 4) is 11.5 Å². The van der Waals surface area contributed by atoms with Crippen molar-refractivity contribution in [3.05, 3.63) is 23.8 Å². The van der Waals surface area contributed by atoms with Crippen LogP contribution in [0.4, 0.5) is 0 Å². The smallest absolute Gasteiger partial charge is 0.111 e. The zero-order chi connectivity index (χ0) is 8.27.